The van der Waals surface area contributed by atoms with Crippen molar-refractivity contribution in [2.45, 2.75) is 103 Å². The Morgan fingerprint density at radius 3 is 1.97 bits per heavy atom. The number of carbonyl (C=O) groups excluding carboxylic acids is 1. The number of fused-ring (bicyclic) bond motifs is 1. The van der Waals surface area contributed by atoms with Gasteiger partial charge < -0.3 is 10.6 Å². The Hall–Kier alpha value is -1.81. The summed E-state index contributed by atoms with van der Waals surface area (Å²) in [4.78, 5) is 18.6. The molecule has 0 saturated carbocycles. The molecule has 0 radical (unpaired) electrons. The zero-order chi connectivity index (χ0) is 22.3. The SMILES string of the molecule is CCCCCCCCCCCCCCCC(=O)c1c(CCN)c2ccccc2n1OC. The van der Waals surface area contributed by atoms with E-state index in [1.165, 1.54) is 70.6 Å². The lowest BCUT2D eigenvalue weighted by Gasteiger charge is -2.09. The van der Waals surface area contributed by atoms with E-state index in [9.17, 15) is 4.79 Å². The minimum absolute atomic E-state index is 0.171. The predicted molar refractivity (Wildman–Crippen MR) is 132 cm³/mol. The van der Waals surface area contributed by atoms with Crippen LogP contribution in [0.15, 0.2) is 24.3 Å². The molecule has 0 fully saturated rings. The van der Waals surface area contributed by atoms with Gasteiger partial charge in [-0.2, -0.15) is 4.73 Å². The van der Waals surface area contributed by atoms with E-state index >= 15 is 0 Å². The molecular formula is C27H44N2O2. The fraction of sp³-hybridized carbons (Fsp3) is 0.667. The Labute approximate surface area is 189 Å². The number of benzene rings is 1. The van der Waals surface area contributed by atoms with Gasteiger partial charge in [0.1, 0.15) is 12.8 Å². The normalized spacial score (nSPS) is 11.3. The number of para-hydroxylation sites is 1. The second kappa shape index (κ2) is 15.1. The number of rotatable bonds is 18. The zero-order valence-corrected chi connectivity index (χ0v) is 20.0. The van der Waals surface area contributed by atoms with Crippen LogP contribution in [-0.4, -0.2) is 24.2 Å². The summed E-state index contributed by atoms with van der Waals surface area (Å²) in [6.07, 6.45) is 18.3. The maximum Gasteiger partial charge on any atom is 0.182 e. The van der Waals surface area contributed by atoms with E-state index in [0.29, 0.717) is 25.1 Å². The summed E-state index contributed by atoms with van der Waals surface area (Å²) in [7, 11) is 1.63. The Kier molecular flexibility index (Phi) is 12.4. The van der Waals surface area contributed by atoms with Crippen molar-refractivity contribution in [1.29, 1.82) is 0 Å². The molecule has 2 aromatic rings. The Bertz CT molecular complexity index is 766. The van der Waals surface area contributed by atoms with Gasteiger partial charge in [-0.1, -0.05) is 102 Å². The van der Waals surface area contributed by atoms with Crippen molar-refractivity contribution in [2.75, 3.05) is 13.7 Å². The average molecular weight is 429 g/mol. The molecule has 1 heterocycles. The molecule has 2 rings (SSSR count). The summed E-state index contributed by atoms with van der Waals surface area (Å²) in [5.74, 6) is 0.171. The molecule has 0 amide bonds. The van der Waals surface area contributed by atoms with Crippen molar-refractivity contribution in [3.05, 3.63) is 35.5 Å². The highest BCUT2D eigenvalue weighted by atomic mass is 16.6. The monoisotopic (exact) mass is 428 g/mol. The van der Waals surface area contributed by atoms with Crippen molar-refractivity contribution >= 4 is 16.7 Å². The number of unbranched alkanes of at least 4 members (excludes halogenated alkanes) is 12. The molecule has 4 heteroatoms. The van der Waals surface area contributed by atoms with E-state index in [1.54, 1.807) is 11.8 Å². The maximum atomic E-state index is 13.0. The van der Waals surface area contributed by atoms with Gasteiger partial charge >= 0.3 is 0 Å². The molecule has 4 nitrogen and oxygen atoms in total. The van der Waals surface area contributed by atoms with E-state index in [0.717, 1.165) is 29.3 Å². The van der Waals surface area contributed by atoms with Gasteiger partial charge in [-0.05, 0) is 31.0 Å². The van der Waals surface area contributed by atoms with Crippen molar-refractivity contribution in [3.63, 3.8) is 0 Å². The van der Waals surface area contributed by atoms with Gasteiger partial charge in [0.05, 0.1) is 5.52 Å². The molecule has 1 aromatic carbocycles. The topological polar surface area (TPSA) is 57.2 Å². The third-order valence-corrected chi connectivity index (χ3v) is 6.29. The van der Waals surface area contributed by atoms with Crippen molar-refractivity contribution < 1.29 is 9.63 Å². The number of hydrogen-bond acceptors (Lipinski definition) is 3. The lowest BCUT2D eigenvalue weighted by atomic mass is 10.0. The third kappa shape index (κ3) is 7.99. The lowest BCUT2D eigenvalue weighted by Crippen LogP contribution is -2.17. The van der Waals surface area contributed by atoms with Gasteiger partial charge in [-0.3, -0.25) is 4.79 Å². The summed E-state index contributed by atoms with van der Waals surface area (Å²) < 4.78 is 1.70. The molecule has 174 valence electrons. The second-order valence-corrected chi connectivity index (χ2v) is 8.78. The highest BCUT2D eigenvalue weighted by Gasteiger charge is 2.22. The van der Waals surface area contributed by atoms with E-state index in [-0.39, 0.29) is 5.78 Å². The Balaban J connectivity index is 1.69. The van der Waals surface area contributed by atoms with Crippen LogP contribution in [-0.2, 0) is 6.42 Å². The largest absolute Gasteiger partial charge is 0.416 e. The third-order valence-electron chi connectivity index (χ3n) is 6.29. The molecule has 0 atom stereocenters. The highest BCUT2D eigenvalue weighted by Crippen LogP contribution is 2.27. The van der Waals surface area contributed by atoms with Gasteiger partial charge in [-0.15, -0.1) is 0 Å². The van der Waals surface area contributed by atoms with E-state index in [4.69, 9.17) is 10.6 Å². The number of hydrogen-bond donors (Lipinski definition) is 1. The summed E-state index contributed by atoms with van der Waals surface area (Å²) in [6.45, 7) is 2.80. The summed E-state index contributed by atoms with van der Waals surface area (Å²) in [5, 5.41) is 1.07. The molecule has 0 aliphatic rings. The summed E-state index contributed by atoms with van der Waals surface area (Å²) >= 11 is 0. The van der Waals surface area contributed by atoms with Crippen molar-refractivity contribution in [2.24, 2.45) is 5.73 Å². The van der Waals surface area contributed by atoms with Gasteiger partial charge in [0.25, 0.3) is 0 Å². The molecular weight excluding hydrogens is 384 g/mol. The number of ketones is 1. The number of nitrogens with two attached hydrogens (primary N) is 1. The average Bonchev–Trinajstić information content (AvgIpc) is 3.10. The van der Waals surface area contributed by atoms with Crippen LogP contribution in [0.3, 0.4) is 0 Å². The van der Waals surface area contributed by atoms with E-state index < -0.39 is 0 Å². The van der Waals surface area contributed by atoms with Crippen LogP contribution < -0.4 is 10.6 Å². The molecule has 2 N–H and O–H groups in total. The van der Waals surface area contributed by atoms with Crippen LogP contribution >= 0.6 is 0 Å². The lowest BCUT2D eigenvalue weighted by molar-refractivity contribution is 0.0927. The van der Waals surface area contributed by atoms with Crippen LogP contribution in [0.2, 0.25) is 0 Å². The minimum atomic E-state index is 0.171. The first kappa shape index (κ1) is 25.5. The molecule has 0 spiro atoms. The van der Waals surface area contributed by atoms with Crippen LogP contribution in [0.25, 0.3) is 10.9 Å². The minimum Gasteiger partial charge on any atom is -0.416 e. The molecule has 1 aromatic heterocycles. The first-order valence-corrected chi connectivity index (χ1v) is 12.6. The van der Waals surface area contributed by atoms with Crippen LogP contribution in [0.4, 0.5) is 0 Å². The molecule has 0 saturated heterocycles. The standard InChI is InChI=1S/C27H44N2O2/c1-3-4-5-6-7-8-9-10-11-12-13-14-15-20-26(30)27-24(21-22-28)23-18-16-17-19-25(23)29(27)31-2/h16-19H,3-15,20-22,28H2,1-2H3. The Morgan fingerprint density at radius 1 is 0.871 bits per heavy atom. The Morgan fingerprint density at radius 2 is 1.42 bits per heavy atom. The zero-order valence-electron chi connectivity index (χ0n) is 20.0. The van der Waals surface area contributed by atoms with Gasteiger partial charge in [-0.25, -0.2) is 0 Å². The van der Waals surface area contributed by atoms with Gasteiger partial charge in [0.2, 0.25) is 0 Å². The fourth-order valence-electron chi connectivity index (χ4n) is 4.57. The van der Waals surface area contributed by atoms with Crippen LogP contribution in [0.5, 0.6) is 0 Å². The molecule has 0 unspecified atom stereocenters. The number of Topliss-reactive ketones (excluding diaryl/α,β-unsaturated/α-hetero) is 1. The quantitative estimate of drug-likeness (QED) is 0.208. The first-order valence-electron chi connectivity index (χ1n) is 12.6. The maximum absolute atomic E-state index is 13.0. The second-order valence-electron chi connectivity index (χ2n) is 8.78. The molecule has 0 aliphatic carbocycles. The first-order chi connectivity index (χ1) is 15.2. The van der Waals surface area contributed by atoms with Crippen LogP contribution in [0, 0.1) is 0 Å². The number of aromatic nitrogens is 1. The van der Waals surface area contributed by atoms with E-state index in [2.05, 4.69) is 13.0 Å². The van der Waals surface area contributed by atoms with E-state index in [1.807, 2.05) is 18.2 Å². The summed E-state index contributed by atoms with van der Waals surface area (Å²) in [6, 6.07) is 8.03. The number of carbonyl (C=O) groups is 1. The fourth-order valence-corrected chi connectivity index (χ4v) is 4.57. The van der Waals surface area contributed by atoms with Crippen LogP contribution in [0.1, 0.15) is 113 Å². The molecule has 31 heavy (non-hydrogen) atoms. The van der Waals surface area contributed by atoms with Gasteiger partial charge in [0, 0.05) is 11.8 Å². The van der Waals surface area contributed by atoms with Crippen molar-refractivity contribution in [3.8, 4) is 0 Å². The van der Waals surface area contributed by atoms with Gasteiger partial charge in [0.15, 0.2) is 5.78 Å². The smallest absolute Gasteiger partial charge is 0.182 e. The highest BCUT2D eigenvalue weighted by molar-refractivity contribution is 6.02. The predicted octanol–water partition coefficient (Wildman–Crippen LogP) is 6.86. The molecule has 0 aliphatic heterocycles. The molecule has 0 bridgehead atoms. The summed E-state index contributed by atoms with van der Waals surface area (Å²) in [5.41, 5.74) is 8.50. The van der Waals surface area contributed by atoms with Crippen molar-refractivity contribution in [1.82, 2.24) is 4.73 Å². The number of nitrogens with zero attached hydrogens (tertiary/aromatic N) is 1.